The molecule has 1 aliphatic heterocycles. The Kier molecular flexibility index (Phi) is 5.66. The Morgan fingerprint density at radius 1 is 1.36 bits per heavy atom. The lowest BCUT2D eigenvalue weighted by Gasteiger charge is -2.25. The fraction of sp³-hybridized carbons (Fsp3) is 0.833. The number of nitrogens with zero attached hydrogens (tertiary/aromatic N) is 1. The summed E-state index contributed by atoms with van der Waals surface area (Å²) in [6.07, 6.45) is 4.95. The predicted molar refractivity (Wildman–Crippen MR) is 61.2 cm³/mol. The summed E-state index contributed by atoms with van der Waals surface area (Å²) in [5.74, 6) is 6.08. The van der Waals surface area contributed by atoms with Crippen LogP contribution in [0.4, 0.5) is 0 Å². The van der Waals surface area contributed by atoms with E-state index in [1.807, 2.05) is 6.92 Å². The summed E-state index contributed by atoms with van der Waals surface area (Å²) in [6, 6.07) is 0.767. The Labute approximate surface area is 88.1 Å². The van der Waals surface area contributed by atoms with Gasteiger partial charge in [0.1, 0.15) is 0 Å². The normalized spacial score (nSPS) is 22.6. The number of hydrogen-bond donors (Lipinski definition) is 1. The molecule has 0 aliphatic carbocycles. The van der Waals surface area contributed by atoms with Gasteiger partial charge in [0, 0.05) is 19.0 Å². The highest BCUT2D eigenvalue weighted by Crippen LogP contribution is 2.11. The molecule has 1 unspecified atom stereocenters. The summed E-state index contributed by atoms with van der Waals surface area (Å²) in [5, 5.41) is 3.44. The van der Waals surface area contributed by atoms with Crippen molar-refractivity contribution in [1.29, 1.82) is 0 Å². The van der Waals surface area contributed by atoms with E-state index < -0.39 is 0 Å². The van der Waals surface area contributed by atoms with Crippen molar-refractivity contribution in [3.63, 3.8) is 0 Å². The maximum atomic E-state index is 3.44. The van der Waals surface area contributed by atoms with Crippen LogP contribution in [0.1, 0.15) is 32.6 Å². The van der Waals surface area contributed by atoms with Crippen LogP contribution >= 0.6 is 0 Å². The molecule has 0 radical (unpaired) electrons. The van der Waals surface area contributed by atoms with Crippen LogP contribution in [-0.4, -0.2) is 37.6 Å². The molecule has 1 atom stereocenters. The highest BCUT2D eigenvalue weighted by molar-refractivity contribution is 4.95. The van der Waals surface area contributed by atoms with Gasteiger partial charge in [-0.1, -0.05) is 0 Å². The van der Waals surface area contributed by atoms with E-state index in [1.165, 1.54) is 32.4 Å². The molecule has 0 aromatic rings. The molecule has 1 rings (SSSR count). The highest BCUT2D eigenvalue weighted by Gasteiger charge is 2.15. The van der Waals surface area contributed by atoms with Gasteiger partial charge >= 0.3 is 0 Å². The molecule has 1 N–H and O–H groups in total. The minimum absolute atomic E-state index is 0.767. The molecule has 0 saturated carbocycles. The third-order valence-corrected chi connectivity index (χ3v) is 2.93. The van der Waals surface area contributed by atoms with Gasteiger partial charge in [0.05, 0.1) is 0 Å². The summed E-state index contributed by atoms with van der Waals surface area (Å²) >= 11 is 0. The molecule has 1 fully saturated rings. The van der Waals surface area contributed by atoms with Gasteiger partial charge in [-0.3, -0.25) is 0 Å². The molecule has 0 aromatic heterocycles. The molecule has 1 aliphatic rings. The predicted octanol–water partition coefficient (Wildman–Crippen LogP) is 1.47. The van der Waals surface area contributed by atoms with Crippen LogP contribution in [0.25, 0.3) is 0 Å². The van der Waals surface area contributed by atoms with Crippen molar-refractivity contribution in [1.82, 2.24) is 10.2 Å². The fourth-order valence-electron chi connectivity index (χ4n) is 1.98. The van der Waals surface area contributed by atoms with Gasteiger partial charge in [-0.2, -0.15) is 0 Å². The van der Waals surface area contributed by atoms with Crippen molar-refractivity contribution in [3.8, 4) is 11.8 Å². The quantitative estimate of drug-likeness (QED) is 0.685. The molecule has 0 spiro atoms. The van der Waals surface area contributed by atoms with Crippen LogP contribution in [0.5, 0.6) is 0 Å². The van der Waals surface area contributed by atoms with Crippen molar-refractivity contribution in [3.05, 3.63) is 0 Å². The standard InChI is InChI=1S/C12H22N2/c1-3-4-5-11-14(2)12-7-6-9-13-10-8-12/h12-13H,5-11H2,1-2H3. The van der Waals surface area contributed by atoms with E-state index in [9.17, 15) is 0 Å². The Hall–Kier alpha value is -0.520. The van der Waals surface area contributed by atoms with Gasteiger partial charge in [0.15, 0.2) is 0 Å². The van der Waals surface area contributed by atoms with E-state index in [2.05, 4.69) is 29.1 Å². The Morgan fingerprint density at radius 3 is 3.00 bits per heavy atom. The van der Waals surface area contributed by atoms with Gasteiger partial charge in [-0.15, -0.1) is 11.8 Å². The molecule has 80 valence electrons. The molecule has 14 heavy (non-hydrogen) atoms. The van der Waals surface area contributed by atoms with E-state index in [4.69, 9.17) is 0 Å². The van der Waals surface area contributed by atoms with Crippen LogP contribution in [-0.2, 0) is 0 Å². The van der Waals surface area contributed by atoms with Crippen LogP contribution in [0, 0.1) is 11.8 Å². The smallest absolute Gasteiger partial charge is 0.0216 e. The third-order valence-electron chi connectivity index (χ3n) is 2.93. The lowest BCUT2D eigenvalue weighted by Crippen LogP contribution is -2.33. The molecule has 0 amide bonds. The first-order valence-electron chi connectivity index (χ1n) is 5.65. The Bertz CT molecular complexity index is 194. The number of nitrogens with one attached hydrogen (secondary N) is 1. The SMILES string of the molecule is CC#CCCN(C)C1CCCNCC1. The van der Waals surface area contributed by atoms with Crippen molar-refractivity contribution in [2.24, 2.45) is 0 Å². The Morgan fingerprint density at radius 2 is 2.21 bits per heavy atom. The second-order valence-electron chi connectivity index (χ2n) is 3.99. The van der Waals surface area contributed by atoms with E-state index in [-0.39, 0.29) is 0 Å². The maximum absolute atomic E-state index is 3.44. The summed E-state index contributed by atoms with van der Waals surface area (Å²) in [6.45, 7) is 5.40. The monoisotopic (exact) mass is 194 g/mol. The minimum atomic E-state index is 0.767. The molecule has 0 bridgehead atoms. The van der Waals surface area contributed by atoms with Crippen molar-refractivity contribution < 1.29 is 0 Å². The number of rotatable bonds is 3. The third kappa shape index (κ3) is 4.13. The average molecular weight is 194 g/mol. The fourth-order valence-corrected chi connectivity index (χ4v) is 1.98. The van der Waals surface area contributed by atoms with E-state index in [1.54, 1.807) is 0 Å². The van der Waals surface area contributed by atoms with Gasteiger partial charge in [-0.25, -0.2) is 0 Å². The van der Waals surface area contributed by atoms with Gasteiger partial charge in [-0.05, 0) is 46.3 Å². The molecular formula is C12H22N2. The summed E-state index contributed by atoms with van der Waals surface area (Å²) in [7, 11) is 2.23. The molecule has 1 heterocycles. The lowest BCUT2D eigenvalue weighted by molar-refractivity contribution is 0.229. The van der Waals surface area contributed by atoms with Gasteiger partial charge < -0.3 is 10.2 Å². The molecule has 1 saturated heterocycles. The summed E-state index contributed by atoms with van der Waals surface area (Å²) < 4.78 is 0. The zero-order chi connectivity index (χ0) is 10.2. The van der Waals surface area contributed by atoms with E-state index in [0.717, 1.165) is 19.0 Å². The topological polar surface area (TPSA) is 15.3 Å². The molecular weight excluding hydrogens is 172 g/mol. The van der Waals surface area contributed by atoms with Crippen molar-refractivity contribution in [2.75, 3.05) is 26.7 Å². The van der Waals surface area contributed by atoms with Crippen molar-refractivity contribution >= 4 is 0 Å². The molecule has 2 nitrogen and oxygen atoms in total. The number of hydrogen-bond acceptors (Lipinski definition) is 2. The van der Waals surface area contributed by atoms with E-state index in [0.29, 0.717) is 0 Å². The second kappa shape index (κ2) is 6.86. The first-order valence-corrected chi connectivity index (χ1v) is 5.65. The molecule has 2 heteroatoms. The first-order chi connectivity index (χ1) is 6.84. The van der Waals surface area contributed by atoms with Crippen LogP contribution < -0.4 is 5.32 Å². The molecule has 0 aromatic carbocycles. The lowest BCUT2D eigenvalue weighted by atomic mass is 10.1. The van der Waals surface area contributed by atoms with E-state index >= 15 is 0 Å². The van der Waals surface area contributed by atoms with Crippen LogP contribution in [0.15, 0.2) is 0 Å². The van der Waals surface area contributed by atoms with Crippen LogP contribution in [0.3, 0.4) is 0 Å². The first kappa shape index (κ1) is 11.6. The maximum Gasteiger partial charge on any atom is 0.0216 e. The average Bonchev–Trinajstić information content (AvgIpc) is 2.46. The van der Waals surface area contributed by atoms with Gasteiger partial charge in [0.25, 0.3) is 0 Å². The van der Waals surface area contributed by atoms with Gasteiger partial charge in [0.2, 0.25) is 0 Å². The summed E-state index contributed by atoms with van der Waals surface area (Å²) in [4.78, 5) is 2.47. The van der Waals surface area contributed by atoms with Crippen molar-refractivity contribution in [2.45, 2.75) is 38.6 Å². The zero-order valence-electron chi connectivity index (χ0n) is 9.47. The van der Waals surface area contributed by atoms with Crippen LogP contribution in [0.2, 0.25) is 0 Å². The Balaban J connectivity index is 2.25. The largest absolute Gasteiger partial charge is 0.317 e. The zero-order valence-corrected chi connectivity index (χ0v) is 9.47. The minimum Gasteiger partial charge on any atom is -0.317 e. The second-order valence-corrected chi connectivity index (χ2v) is 3.99. The highest BCUT2D eigenvalue weighted by atomic mass is 15.1. The summed E-state index contributed by atoms with van der Waals surface area (Å²) in [5.41, 5.74) is 0.